The average molecular weight is 707 g/mol. The molecule has 0 N–H and O–H groups in total. The van der Waals surface area contributed by atoms with Crippen LogP contribution in [0, 0.1) is 40.4 Å². The number of rotatable bonds is 15. The number of hydrogen-bond donors (Lipinski definition) is 0. The zero-order valence-corrected chi connectivity index (χ0v) is 32.3. The predicted octanol–water partition coefficient (Wildman–Crippen LogP) is 11.6. The van der Waals surface area contributed by atoms with Gasteiger partial charge in [0.25, 0.3) is 5.92 Å². The second kappa shape index (κ2) is 15.7. The summed E-state index contributed by atoms with van der Waals surface area (Å²) in [4.78, 5) is 0. The van der Waals surface area contributed by atoms with Crippen LogP contribution in [-0.4, -0.2) is 36.6 Å². The summed E-state index contributed by atoms with van der Waals surface area (Å²) < 4.78 is 56.1. The predicted molar refractivity (Wildman–Crippen MR) is 200 cm³/mol. The van der Waals surface area contributed by atoms with Crippen LogP contribution in [0.1, 0.15) is 117 Å². The maximum atomic E-state index is 15.7. The first kappa shape index (κ1) is 38.6. The number of allylic oxidation sites excluding steroid dienone is 1. The molecule has 6 heteroatoms. The van der Waals surface area contributed by atoms with Crippen LogP contribution in [0.4, 0.5) is 8.78 Å². The van der Waals surface area contributed by atoms with Crippen LogP contribution in [0.2, 0.25) is 0 Å². The molecule has 4 aliphatic carbocycles. The van der Waals surface area contributed by atoms with Crippen LogP contribution in [0.5, 0.6) is 0 Å². The number of benzene rings is 2. The molecule has 2 aromatic rings. The van der Waals surface area contributed by atoms with Crippen molar-refractivity contribution in [2.24, 2.45) is 40.4 Å². The lowest BCUT2D eigenvalue weighted by molar-refractivity contribution is -0.264. The van der Waals surface area contributed by atoms with Gasteiger partial charge in [-0.05, 0) is 119 Å². The highest BCUT2D eigenvalue weighted by molar-refractivity contribution is 5.28. The van der Waals surface area contributed by atoms with Crippen molar-refractivity contribution in [3.63, 3.8) is 0 Å². The van der Waals surface area contributed by atoms with Crippen LogP contribution >= 0.6 is 0 Å². The molecule has 0 heterocycles. The van der Waals surface area contributed by atoms with Crippen molar-refractivity contribution in [3.05, 3.63) is 83.4 Å². The average Bonchev–Trinajstić information content (AvgIpc) is 3.47. The molecule has 282 valence electrons. The summed E-state index contributed by atoms with van der Waals surface area (Å²) in [7, 11) is 0. The van der Waals surface area contributed by atoms with Crippen molar-refractivity contribution in [1.29, 1.82) is 0 Å². The molecule has 0 amide bonds. The minimum atomic E-state index is -2.94. The van der Waals surface area contributed by atoms with Gasteiger partial charge in [-0.2, -0.15) is 0 Å². The molecule has 2 aromatic carbocycles. The van der Waals surface area contributed by atoms with Crippen LogP contribution < -0.4 is 0 Å². The summed E-state index contributed by atoms with van der Waals surface area (Å²) in [6.45, 7) is 15.5. The molecule has 4 aliphatic rings. The Labute approximate surface area is 307 Å². The normalized spacial score (nSPS) is 33.5. The molecular weight excluding hydrogens is 642 g/mol. The van der Waals surface area contributed by atoms with E-state index >= 15 is 8.78 Å². The van der Waals surface area contributed by atoms with Crippen LogP contribution in [0.3, 0.4) is 0 Å². The molecule has 10 atom stereocenters. The third kappa shape index (κ3) is 7.91. The third-order valence-electron chi connectivity index (χ3n) is 14.2. The zero-order valence-electron chi connectivity index (χ0n) is 32.3. The van der Waals surface area contributed by atoms with E-state index in [2.05, 4.69) is 87.5 Å². The van der Waals surface area contributed by atoms with Gasteiger partial charge in [-0.1, -0.05) is 93.1 Å². The first-order valence-electron chi connectivity index (χ1n) is 20.0. The Kier molecular flexibility index (Phi) is 11.9. The maximum Gasteiger partial charge on any atom is 0.276 e. The lowest BCUT2D eigenvalue weighted by Crippen LogP contribution is -2.56. The number of fused-ring (bicyclic) bond motifs is 5. The Morgan fingerprint density at radius 3 is 2.16 bits per heavy atom. The van der Waals surface area contributed by atoms with Gasteiger partial charge in [0.2, 0.25) is 0 Å². The lowest BCUT2D eigenvalue weighted by atomic mass is 9.46. The number of alkyl halides is 2. The Bertz CT molecular complexity index is 1440. The fraction of sp³-hybridized carbons (Fsp3) is 0.689. The van der Waals surface area contributed by atoms with Crippen LogP contribution in [0.15, 0.2) is 72.3 Å². The minimum absolute atomic E-state index is 0.0401. The van der Waals surface area contributed by atoms with Crippen molar-refractivity contribution in [2.45, 2.75) is 149 Å². The van der Waals surface area contributed by atoms with E-state index in [1.165, 1.54) is 43.4 Å². The molecule has 0 aromatic heterocycles. The van der Waals surface area contributed by atoms with Crippen molar-refractivity contribution in [2.75, 3.05) is 6.61 Å². The summed E-state index contributed by atoms with van der Waals surface area (Å²) >= 11 is 0. The van der Waals surface area contributed by atoms with E-state index in [-0.39, 0.29) is 35.4 Å². The van der Waals surface area contributed by atoms with E-state index in [9.17, 15) is 0 Å². The van der Waals surface area contributed by atoms with Crippen LogP contribution in [-0.2, 0) is 32.2 Å². The van der Waals surface area contributed by atoms with Crippen molar-refractivity contribution < 1.29 is 27.7 Å². The first-order chi connectivity index (χ1) is 24.3. The number of hydrogen-bond acceptors (Lipinski definition) is 4. The van der Waals surface area contributed by atoms with Gasteiger partial charge in [0, 0.05) is 24.9 Å². The second-order valence-electron chi connectivity index (χ2n) is 17.4. The van der Waals surface area contributed by atoms with E-state index in [0.717, 1.165) is 32.1 Å². The molecule has 6 rings (SSSR count). The largest absolute Gasteiger partial charge is 0.373 e. The van der Waals surface area contributed by atoms with Gasteiger partial charge in [-0.3, -0.25) is 0 Å². The maximum absolute atomic E-state index is 15.7. The zero-order chi connectivity index (χ0) is 36.4. The topological polar surface area (TPSA) is 36.9 Å². The fourth-order valence-electron chi connectivity index (χ4n) is 11.2. The number of ether oxygens (including phenoxy) is 4. The lowest BCUT2D eigenvalue weighted by Gasteiger charge is -2.60. The quantitative estimate of drug-likeness (QED) is 0.136. The summed E-state index contributed by atoms with van der Waals surface area (Å²) in [6.07, 6.45) is 10.1. The Morgan fingerprint density at radius 1 is 0.863 bits per heavy atom. The van der Waals surface area contributed by atoms with Gasteiger partial charge in [-0.15, -0.1) is 0 Å². The Hall–Kier alpha value is -2.12. The van der Waals surface area contributed by atoms with Crippen molar-refractivity contribution >= 4 is 0 Å². The molecule has 0 bridgehead atoms. The first-order valence-corrected chi connectivity index (χ1v) is 20.0. The van der Waals surface area contributed by atoms with Gasteiger partial charge in [0.1, 0.15) is 5.60 Å². The standard InChI is InChI=1S/C45H64F2O4/c1-8-48-32(3)51-42(4,5)45(46,47)26-23-31(2)38-21-22-39-37-20-19-35-27-36(49-29-33-15-11-9-12-16-33)28-41(50-30-34-17-13-10-14-18-34)44(35,7)40(37)24-25-43(38,39)6/h9-19,31-32,36-41H,8,20-30H2,1-7H3/t31-,32?,36-,37+,38-,39+,40+,41+,43-,44+/m1/s1. The van der Waals surface area contributed by atoms with E-state index < -0.39 is 17.8 Å². The fourth-order valence-corrected chi connectivity index (χ4v) is 11.2. The molecular formula is C45H64F2O4. The molecule has 1 unspecified atom stereocenters. The highest BCUT2D eigenvalue weighted by atomic mass is 19.3. The van der Waals surface area contributed by atoms with Gasteiger partial charge in [0.05, 0.1) is 25.4 Å². The summed E-state index contributed by atoms with van der Waals surface area (Å²) in [5.41, 5.74) is 2.49. The second-order valence-corrected chi connectivity index (χ2v) is 17.4. The van der Waals surface area contributed by atoms with E-state index in [1.54, 1.807) is 6.92 Å². The molecule has 0 aliphatic heterocycles. The molecule has 51 heavy (non-hydrogen) atoms. The Balaban J connectivity index is 1.16. The van der Waals surface area contributed by atoms with Gasteiger partial charge in [-0.25, -0.2) is 8.78 Å². The number of halogens is 2. The highest BCUT2D eigenvalue weighted by Crippen LogP contribution is 2.68. The molecule has 3 fully saturated rings. The summed E-state index contributed by atoms with van der Waals surface area (Å²) in [5, 5.41) is 0. The summed E-state index contributed by atoms with van der Waals surface area (Å²) in [5.74, 6) is -0.514. The SMILES string of the molecule is CCOC(C)OC(C)(C)C(F)(F)CC[C@@H](C)[C@H]1CC[C@H]2[C@@H]3CC=C4C[C@@H](OCc5ccccc5)C[C@H](OCc5ccccc5)[C@]4(C)[C@H]3CC[C@]12C. The van der Waals surface area contributed by atoms with Gasteiger partial charge in [0.15, 0.2) is 6.29 Å². The van der Waals surface area contributed by atoms with Gasteiger partial charge >= 0.3 is 0 Å². The highest BCUT2D eigenvalue weighted by Gasteiger charge is 2.61. The van der Waals surface area contributed by atoms with Crippen LogP contribution in [0.25, 0.3) is 0 Å². The van der Waals surface area contributed by atoms with E-state index in [4.69, 9.17) is 18.9 Å². The molecule has 4 nitrogen and oxygen atoms in total. The monoisotopic (exact) mass is 706 g/mol. The molecule has 0 spiro atoms. The minimum Gasteiger partial charge on any atom is -0.373 e. The van der Waals surface area contributed by atoms with E-state index in [1.807, 2.05) is 6.92 Å². The molecule has 0 radical (unpaired) electrons. The summed E-state index contributed by atoms with van der Waals surface area (Å²) in [6, 6.07) is 21.0. The third-order valence-corrected chi connectivity index (χ3v) is 14.2. The van der Waals surface area contributed by atoms with Crippen molar-refractivity contribution in [3.8, 4) is 0 Å². The van der Waals surface area contributed by atoms with E-state index in [0.29, 0.717) is 49.9 Å². The van der Waals surface area contributed by atoms with Gasteiger partial charge < -0.3 is 18.9 Å². The molecule has 3 saturated carbocycles. The molecule has 0 saturated heterocycles. The van der Waals surface area contributed by atoms with Crippen molar-refractivity contribution in [1.82, 2.24) is 0 Å². The smallest absolute Gasteiger partial charge is 0.276 e. The Morgan fingerprint density at radius 2 is 1.51 bits per heavy atom.